The van der Waals surface area contributed by atoms with Crippen LogP contribution in [0, 0.1) is 17.3 Å². The lowest BCUT2D eigenvalue weighted by molar-refractivity contribution is -0.144. The first-order chi connectivity index (χ1) is 8.77. The molecule has 0 radical (unpaired) electrons. The number of fused-ring (bicyclic) bond motifs is 1. The fourth-order valence-electron chi connectivity index (χ4n) is 3.54. The minimum absolute atomic E-state index is 0.0866. The van der Waals surface area contributed by atoms with E-state index in [1.165, 1.54) is 0 Å². The van der Waals surface area contributed by atoms with Crippen LogP contribution in [0.3, 0.4) is 0 Å². The second-order valence-electron chi connectivity index (χ2n) is 6.29. The van der Waals surface area contributed by atoms with Gasteiger partial charge in [-0.3, -0.25) is 9.59 Å². The summed E-state index contributed by atoms with van der Waals surface area (Å²) in [7, 11) is 0. The van der Waals surface area contributed by atoms with Crippen LogP contribution in [0.5, 0.6) is 0 Å². The van der Waals surface area contributed by atoms with Crippen LogP contribution in [0.15, 0.2) is 11.1 Å². The Morgan fingerprint density at radius 1 is 1.47 bits per heavy atom. The SMILES string of the molecule is CC1=C2C[C@H]([C@H](C)C(=O)O)C[C@H](O)[C@@]2(C)CCC1=O. The second-order valence-corrected chi connectivity index (χ2v) is 6.29. The van der Waals surface area contributed by atoms with Crippen LogP contribution >= 0.6 is 0 Å². The average Bonchev–Trinajstić information content (AvgIpc) is 2.36. The Balaban J connectivity index is 2.36. The number of carbonyl (C=O) groups excluding carboxylic acids is 1. The summed E-state index contributed by atoms with van der Waals surface area (Å²) < 4.78 is 0. The lowest BCUT2D eigenvalue weighted by Gasteiger charge is -2.47. The molecule has 0 heterocycles. The highest BCUT2D eigenvalue weighted by Gasteiger charge is 2.47. The van der Waals surface area contributed by atoms with Gasteiger partial charge < -0.3 is 10.2 Å². The van der Waals surface area contributed by atoms with Gasteiger partial charge in [0, 0.05) is 11.8 Å². The van der Waals surface area contributed by atoms with Crippen molar-refractivity contribution in [1.29, 1.82) is 0 Å². The van der Waals surface area contributed by atoms with Crippen LogP contribution in [0.25, 0.3) is 0 Å². The fraction of sp³-hybridized carbons (Fsp3) is 0.733. The molecule has 2 N–H and O–H groups in total. The van der Waals surface area contributed by atoms with E-state index in [0.717, 1.165) is 11.1 Å². The van der Waals surface area contributed by atoms with Gasteiger partial charge in [-0.05, 0) is 37.7 Å². The zero-order chi connectivity index (χ0) is 14.4. The van der Waals surface area contributed by atoms with Crippen LogP contribution in [0.1, 0.15) is 46.5 Å². The maximum absolute atomic E-state index is 11.9. The van der Waals surface area contributed by atoms with E-state index in [9.17, 15) is 14.7 Å². The topological polar surface area (TPSA) is 74.6 Å². The summed E-state index contributed by atoms with van der Waals surface area (Å²) in [5, 5.41) is 19.6. The molecule has 0 saturated heterocycles. The first-order valence-corrected chi connectivity index (χ1v) is 6.91. The predicted octanol–water partition coefficient (Wildman–Crippen LogP) is 2.16. The molecule has 0 spiro atoms. The van der Waals surface area contributed by atoms with E-state index in [0.29, 0.717) is 25.7 Å². The van der Waals surface area contributed by atoms with Gasteiger partial charge >= 0.3 is 5.97 Å². The summed E-state index contributed by atoms with van der Waals surface area (Å²) in [5.41, 5.74) is 1.39. The fourth-order valence-corrected chi connectivity index (χ4v) is 3.54. The lowest BCUT2D eigenvalue weighted by Crippen LogP contribution is -2.45. The summed E-state index contributed by atoms with van der Waals surface area (Å²) in [6, 6.07) is 0. The molecule has 0 aromatic heterocycles. The van der Waals surface area contributed by atoms with E-state index in [-0.39, 0.29) is 17.1 Å². The number of carbonyl (C=O) groups is 2. The van der Waals surface area contributed by atoms with Crippen molar-refractivity contribution in [2.24, 2.45) is 17.3 Å². The maximum Gasteiger partial charge on any atom is 0.306 e. The zero-order valence-corrected chi connectivity index (χ0v) is 11.8. The van der Waals surface area contributed by atoms with E-state index in [1.54, 1.807) is 6.92 Å². The Bertz CT molecular complexity index is 451. The van der Waals surface area contributed by atoms with Crippen LogP contribution in [-0.4, -0.2) is 28.1 Å². The molecule has 0 amide bonds. The van der Waals surface area contributed by atoms with Crippen molar-refractivity contribution in [3.8, 4) is 0 Å². The molecule has 19 heavy (non-hydrogen) atoms. The lowest BCUT2D eigenvalue weighted by atomic mass is 9.58. The van der Waals surface area contributed by atoms with Gasteiger partial charge in [0.15, 0.2) is 5.78 Å². The van der Waals surface area contributed by atoms with Gasteiger partial charge in [-0.2, -0.15) is 0 Å². The highest BCUT2D eigenvalue weighted by Crippen LogP contribution is 2.51. The molecule has 0 aromatic carbocycles. The van der Waals surface area contributed by atoms with Gasteiger partial charge in [0.05, 0.1) is 12.0 Å². The molecule has 0 aliphatic heterocycles. The first kappa shape index (κ1) is 14.3. The molecule has 4 nitrogen and oxygen atoms in total. The summed E-state index contributed by atoms with van der Waals surface area (Å²) in [6.07, 6.45) is 1.75. The van der Waals surface area contributed by atoms with Crippen molar-refractivity contribution in [3.63, 3.8) is 0 Å². The quantitative estimate of drug-likeness (QED) is 0.803. The highest BCUT2D eigenvalue weighted by atomic mass is 16.4. The summed E-state index contributed by atoms with van der Waals surface area (Å²) >= 11 is 0. The van der Waals surface area contributed by atoms with Gasteiger partial charge in [-0.25, -0.2) is 0 Å². The number of carboxylic acid groups (broad SMARTS) is 1. The monoisotopic (exact) mass is 266 g/mol. The van der Waals surface area contributed by atoms with Gasteiger partial charge in [0.1, 0.15) is 0 Å². The molecular formula is C15H22O4. The largest absolute Gasteiger partial charge is 0.481 e. The average molecular weight is 266 g/mol. The van der Waals surface area contributed by atoms with Crippen molar-refractivity contribution in [2.45, 2.75) is 52.6 Å². The number of Topliss-reactive ketones (excluding diaryl/α,β-unsaturated/α-hetero) is 1. The molecule has 0 unspecified atom stereocenters. The molecule has 4 atom stereocenters. The maximum atomic E-state index is 11.9. The van der Waals surface area contributed by atoms with E-state index in [1.807, 2.05) is 13.8 Å². The number of rotatable bonds is 2. The molecule has 1 fully saturated rings. The van der Waals surface area contributed by atoms with E-state index in [4.69, 9.17) is 5.11 Å². The summed E-state index contributed by atoms with van der Waals surface area (Å²) in [5.74, 6) is -1.27. The second kappa shape index (κ2) is 4.75. The Morgan fingerprint density at radius 3 is 2.68 bits per heavy atom. The van der Waals surface area contributed by atoms with Crippen molar-refractivity contribution in [2.75, 3.05) is 0 Å². The first-order valence-electron chi connectivity index (χ1n) is 6.91. The Morgan fingerprint density at radius 2 is 2.11 bits per heavy atom. The van der Waals surface area contributed by atoms with Crippen molar-refractivity contribution in [3.05, 3.63) is 11.1 Å². The molecule has 106 valence electrons. The molecule has 2 rings (SSSR count). The summed E-state index contributed by atoms with van der Waals surface area (Å²) in [4.78, 5) is 23.0. The summed E-state index contributed by atoms with van der Waals surface area (Å²) in [6.45, 7) is 5.50. The molecule has 4 heteroatoms. The number of hydrogen-bond acceptors (Lipinski definition) is 3. The van der Waals surface area contributed by atoms with Gasteiger partial charge in [-0.1, -0.05) is 19.4 Å². The zero-order valence-electron chi connectivity index (χ0n) is 11.8. The molecular weight excluding hydrogens is 244 g/mol. The van der Waals surface area contributed by atoms with Crippen LogP contribution in [0.2, 0.25) is 0 Å². The van der Waals surface area contributed by atoms with Crippen LogP contribution in [0.4, 0.5) is 0 Å². The molecule has 2 aliphatic carbocycles. The van der Waals surface area contributed by atoms with Crippen molar-refractivity contribution >= 4 is 11.8 Å². The third kappa shape index (κ3) is 2.22. The van der Waals surface area contributed by atoms with E-state index < -0.39 is 18.0 Å². The smallest absolute Gasteiger partial charge is 0.306 e. The van der Waals surface area contributed by atoms with Crippen molar-refractivity contribution < 1.29 is 19.8 Å². The number of aliphatic hydroxyl groups is 1. The number of aliphatic hydroxyl groups excluding tert-OH is 1. The number of allylic oxidation sites excluding steroid dienone is 1. The third-order valence-electron chi connectivity index (χ3n) is 5.26. The molecule has 1 saturated carbocycles. The number of aliphatic carboxylic acids is 1. The predicted molar refractivity (Wildman–Crippen MR) is 70.6 cm³/mol. The number of hydrogen-bond donors (Lipinski definition) is 2. The third-order valence-corrected chi connectivity index (χ3v) is 5.26. The van der Waals surface area contributed by atoms with Gasteiger partial charge in [0.2, 0.25) is 0 Å². The van der Waals surface area contributed by atoms with Gasteiger partial charge in [0.25, 0.3) is 0 Å². The normalized spacial score (nSPS) is 36.9. The van der Waals surface area contributed by atoms with Crippen LogP contribution < -0.4 is 0 Å². The molecule has 2 aliphatic rings. The van der Waals surface area contributed by atoms with Crippen LogP contribution in [-0.2, 0) is 9.59 Å². The number of carboxylic acids is 1. The molecule has 0 aromatic rings. The highest BCUT2D eigenvalue weighted by molar-refractivity contribution is 5.96. The van der Waals surface area contributed by atoms with E-state index >= 15 is 0 Å². The standard InChI is InChI=1S/C15H22O4/c1-8(14(18)19)10-6-11-9(2)12(16)4-5-15(11,3)13(17)7-10/h8,10,13,17H,4-7H2,1-3H3,(H,18,19)/t8-,10-,13-,15-/m0/s1. The Hall–Kier alpha value is -1.16. The number of ketones is 1. The van der Waals surface area contributed by atoms with E-state index in [2.05, 4.69) is 0 Å². The Kier molecular flexibility index (Phi) is 3.56. The Labute approximate surface area is 113 Å². The van der Waals surface area contributed by atoms with Crippen molar-refractivity contribution in [1.82, 2.24) is 0 Å². The van der Waals surface area contributed by atoms with Gasteiger partial charge in [-0.15, -0.1) is 0 Å². The minimum Gasteiger partial charge on any atom is -0.481 e. The minimum atomic E-state index is -0.832. The molecule has 0 bridgehead atoms.